The predicted molar refractivity (Wildman–Crippen MR) is 53.3 cm³/mol. The number of halogens is 3. The van der Waals surface area contributed by atoms with Crippen LogP contribution in [-0.2, 0) is 14.9 Å². The number of alkyl halides is 3. The summed E-state index contributed by atoms with van der Waals surface area (Å²) in [5.74, 6) is 3.02. The van der Waals surface area contributed by atoms with Crippen LogP contribution in [0.4, 0.5) is 13.2 Å². The standard InChI is InChI=1S/C6H8OS.CHF3O3S/c7-4-3-6-2-1-5-8-6;2-1(3,4)8(5,6)7/h3,6H,1-2,5H2;(H,5,6,7). The molecule has 0 saturated carbocycles. The fourth-order valence-electron chi connectivity index (χ4n) is 0.810. The largest absolute Gasteiger partial charge is 0.522 e. The van der Waals surface area contributed by atoms with Crippen molar-refractivity contribution in [2.45, 2.75) is 23.6 Å². The van der Waals surface area contributed by atoms with Crippen LogP contribution in [0.15, 0.2) is 6.08 Å². The lowest BCUT2D eigenvalue weighted by Crippen LogP contribution is -2.21. The minimum atomic E-state index is -5.84. The molecule has 0 aromatic heterocycles. The Hall–Kier alpha value is -0.500. The lowest BCUT2D eigenvalue weighted by atomic mass is 10.2. The van der Waals surface area contributed by atoms with Crippen molar-refractivity contribution >= 4 is 27.8 Å². The van der Waals surface area contributed by atoms with E-state index in [1.54, 1.807) is 6.08 Å². The van der Waals surface area contributed by atoms with Crippen molar-refractivity contribution in [3.8, 4) is 0 Å². The average Bonchev–Trinajstić information content (AvgIpc) is 2.54. The van der Waals surface area contributed by atoms with Gasteiger partial charge >= 0.3 is 15.6 Å². The first-order valence-corrected chi connectivity index (χ1v) is 6.53. The zero-order valence-electron chi connectivity index (χ0n) is 7.90. The van der Waals surface area contributed by atoms with Gasteiger partial charge in [-0.25, -0.2) is 4.79 Å². The van der Waals surface area contributed by atoms with E-state index in [1.807, 2.05) is 17.7 Å². The van der Waals surface area contributed by atoms with Crippen molar-refractivity contribution in [2.24, 2.45) is 0 Å². The molecular weight excluding hydrogens is 269 g/mol. The molecule has 0 aromatic rings. The third-order valence-corrected chi connectivity index (χ3v) is 3.42. The third kappa shape index (κ3) is 6.16. The Balaban J connectivity index is 0.000000281. The molecule has 1 aliphatic rings. The fraction of sp³-hybridized carbons (Fsp3) is 0.714. The number of carbonyl (C=O) groups excluding carboxylic acids is 1. The molecule has 1 fully saturated rings. The fourth-order valence-corrected chi connectivity index (χ4v) is 1.93. The summed E-state index contributed by atoms with van der Waals surface area (Å²) in [6.07, 6.45) is 4.05. The molecule has 1 aliphatic heterocycles. The zero-order valence-corrected chi connectivity index (χ0v) is 9.53. The molecule has 1 unspecified atom stereocenters. The molecule has 9 heteroatoms. The number of hydrogen-bond acceptors (Lipinski definition) is 4. The molecule has 94 valence electrons. The van der Waals surface area contributed by atoms with Crippen molar-refractivity contribution in [1.29, 1.82) is 0 Å². The van der Waals surface area contributed by atoms with Gasteiger partial charge in [0.05, 0.1) is 0 Å². The van der Waals surface area contributed by atoms with Crippen LogP contribution in [0.3, 0.4) is 0 Å². The Kier molecular flexibility index (Phi) is 6.09. The molecule has 0 aromatic carbocycles. The Labute approximate surface area is 94.6 Å². The summed E-state index contributed by atoms with van der Waals surface area (Å²) < 4.78 is 57.5. The lowest BCUT2D eigenvalue weighted by Gasteiger charge is -1.97. The Morgan fingerprint density at radius 1 is 1.44 bits per heavy atom. The van der Waals surface area contributed by atoms with Gasteiger partial charge in [-0.15, -0.1) is 0 Å². The van der Waals surface area contributed by atoms with E-state index in [2.05, 4.69) is 0 Å². The molecule has 0 spiro atoms. The van der Waals surface area contributed by atoms with Gasteiger partial charge in [-0.05, 0) is 18.6 Å². The predicted octanol–water partition coefficient (Wildman–Crippen LogP) is 1.66. The minimum absolute atomic E-state index is 0.479. The molecule has 0 amide bonds. The maximum atomic E-state index is 10.7. The van der Waals surface area contributed by atoms with Gasteiger partial charge in [0.25, 0.3) is 0 Å². The molecule has 16 heavy (non-hydrogen) atoms. The number of rotatable bonds is 1. The monoisotopic (exact) mass is 278 g/mol. The van der Waals surface area contributed by atoms with E-state index in [-0.39, 0.29) is 0 Å². The molecule has 1 atom stereocenters. The molecule has 0 bridgehead atoms. The summed E-state index contributed by atoms with van der Waals surface area (Å²) in [7, 11) is -5.84. The van der Waals surface area contributed by atoms with Crippen LogP contribution in [0.2, 0.25) is 0 Å². The van der Waals surface area contributed by atoms with Crippen molar-refractivity contribution in [1.82, 2.24) is 0 Å². The van der Waals surface area contributed by atoms with Gasteiger partial charge in [0.2, 0.25) is 0 Å². The highest BCUT2D eigenvalue weighted by molar-refractivity contribution is 8.00. The van der Waals surface area contributed by atoms with Gasteiger partial charge in [0.1, 0.15) is 5.94 Å². The summed E-state index contributed by atoms with van der Waals surface area (Å²) in [6, 6.07) is 0. The van der Waals surface area contributed by atoms with E-state index in [1.165, 1.54) is 18.6 Å². The highest BCUT2D eigenvalue weighted by Crippen LogP contribution is 2.25. The van der Waals surface area contributed by atoms with Crippen molar-refractivity contribution in [2.75, 3.05) is 5.75 Å². The van der Waals surface area contributed by atoms with Crippen LogP contribution in [0.5, 0.6) is 0 Å². The third-order valence-electron chi connectivity index (χ3n) is 1.51. The SMILES string of the molecule is O=C=CC1CCCS1.O=S(=O)(O)C(F)(F)F. The minimum Gasteiger partial charge on any atom is -0.279 e. The van der Waals surface area contributed by atoms with E-state index < -0.39 is 15.6 Å². The van der Waals surface area contributed by atoms with Crippen molar-refractivity contribution < 1.29 is 30.9 Å². The first-order chi connectivity index (χ1) is 7.18. The number of hydrogen-bond donors (Lipinski definition) is 1. The van der Waals surface area contributed by atoms with Gasteiger partial charge in [-0.3, -0.25) is 4.55 Å². The van der Waals surface area contributed by atoms with Crippen LogP contribution < -0.4 is 0 Å². The van der Waals surface area contributed by atoms with Crippen molar-refractivity contribution in [3.63, 3.8) is 0 Å². The van der Waals surface area contributed by atoms with Crippen LogP contribution >= 0.6 is 11.8 Å². The molecule has 1 heterocycles. The highest BCUT2D eigenvalue weighted by Gasteiger charge is 2.44. The average molecular weight is 278 g/mol. The van der Waals surface area contributed by atoms with E-state index >= 15 is 0 Å². The smallest absolute Gasteiger partial charge is 0.279 e. The Morgan fingerprint density at radius 2 is 1.94 bits per heavy atom. The normalized spacial score (nSPS) is 20.6. The van der Waals surface area contributed by atoms with Gasteiger partial charge in [0, 0.05) is 11.3 Å². The summed E-state index contributed by atoms with van der Waals surface area (Å²) in [6.45, 7) is 0. The highest BCUT2D eigenvalue weighted by atomic mass is 32.2. The maximum Gasteiger partial charge on any atom is 0.522 e. The van der Waals surface area contributed by atoms with Gasteiger partial charge in [-0.2, -0.15) is 33.4 Å². The first kappa shape index (κ1) is 15.5. The van der Waals surface area contributed by atoms with Crippen LogP contribution in [-0.4, -0.2) is 35.4 Å². The van der Waals surface area contributed by atoms with E-state index in [0.717, 1.165) is 0 Å². The lowest BCUT2D eigenvalue weighted by molar-refractivity contribution is -0.0510. The molecular formula is C7H9F3O4S2. The second-order valence-electron chi connectivity index (χ2n) is 2.76. The quantitative estimate of drug-likeness (QED) is 0.449. The van der Waals surface area contributed by atoms with Crippen LogP contribution in [0, 0.1) is 0 Å². The molecule has 1 rings (SSSR count). The summed E-state index contributed by atoms with van der Waals surface area (Å²) in [5, 5.41) is 0.479. The summed E-state index contributed by atoms with van der Waals surface area (Å²) in [5.41, 5.74) is -5.53. The van der Waals surface area contributed by atoms with E-state index in [4.69, 9.17) is 13.0 Å². The number of thioether (sulfide) groups is 1. The van der Waals surface area contributed by atoms with Crippen LogP contribution in [0.1, 0.15) is 12.8 Å². The van der Waals surface area contributed by atoms with Gasteiger partial charge in [-0.1, -0.05) is 0 Å². The molecule has 0 aliphatic carbocycles. The Bertz CT molecular complexity index is 350. The molecule has 4 nitrogen and oxygen atoms in total. The topological polar surface area (TPSA) is 71.4 Å². The summed E-state index contributed by atoms with van der Waals surface area (Å²) in [4.78, 5) is 9.77. The summed E-state index contributed by atoms with van der Waals surface area (Å²) >= 11 is 1.85. The Morgan fingerprint density at radius 3 is 2.19 bits per heavy atom. The van der Waals surface area contributed by atoms with Gasteiger partial charge in [0.15, 0.2) is 0 Å². The zero-order chi connectivity index (χ0) is 12.8. The van der Waals surface area contributed by atoms with E-state index in [9.17, 15) is 18.0 Å². The second-order valence-corrected chi connectivity index (χ2v) is 5.52. The van der Waals surface area contributed by atoms with Crippen LogP contribution in [0.25, 0.3) is 0 Å². The van der Waals surface area contributed by atoms with Gasteiger partial charge < -0.3 is 0 Å². The maximum absolute atomic E-state index is 10.7. The molecule has 1 saturated heterocycles. The molecule has 0 radical (unpaired) electrons. The first-order valence-electron chi connectivity index (χ1n) is 4.05. The van der Waals surface area contributed by atoms with E-state index in [0.29, 0.717) is 5.25 Å². The second kappa shape index (κ2) is 6.29. The van der Waals surface area contributed by atoms with Crippen molar-refractivity contribution in [3.05, 3.63) is 6.08 Å². The molecule has 1 N–H and O–H groups in total.